The molecule has 5 heteroatoms. The van der Waals surface area contributed by atoms with E-state index in [9.17, 15) is 9.90 Å². The van der Waals surface area contributed by atoms with Crippen LogP contribution < -0.4 is 5.32 Å². The zero-order valence-corrected chi connectivity index (χ0v) is 12.4. The standard InChI is InChI=1S/C16H23N3O2/c1-10(19-14(20)13-17-2-3-18-13)15-5-11-4-12(6-15)8-16(21,7-11)9-15/h2-3,10-12,21H,4-9H2,1H3,(H,17,18)(H,19,20)/t10-,11-,12+,15?,16?/m0/s1. The molecule has 3 N–H and O–H groups in total. The second kappa shape index (κ2) is 4.32. The number of carbonyl (C=O) groups excluding carboxylic acids is 1. The highest BCUT2D eigenvalue weighted by Crippen LogP contribution is 2.62. The fourth-order valence-electron chi connectivity index (χ4n) is 5.60. The first-order valence-electron chi connectivity index (χ1n) is 8.01. The predicted octanol–water partition coefficient (Wildman–Crippen LogP) is 1.86. The van der Waals surface area contributed by atoms with Gasteiger partial charge in [-0.25, -0.2) is 4.98 Å². The van der Waals surface area contributed by atoms with E-state index in [1.165, 1.54) is 6.42 Å². The molecule has 4 saturated carbocycles. The molecule has 0 radical (unpaired) electrons. The van der Waals surface area contributed by atoms with Crippen molar-refractivity contribution >= 4 is 5.91 Å². The molecule has 2 unspecified atom stereocenters. The van der Waals surface area contributed by atoms with Gasteiger partial charge in [0.15, 0.2) is 5.82 Å². The summed E-state index contributed by atoms with van der Waals surface area (Å²) >= 11 is 0. The maximum absolute atomic E-state index is 12.2. The second-order valence-electron chi connectivity index (χ2n) is 7.68. The summed E-state index contributed by atoms with van der Waals surface area (Å²) in [5.41, 5.74) is -0.408. The maximum Gasteiger partial charge on any atom is 0.287 e. The lowest BCUT2D eigenvalue weighted by molar-refractivity contribution is -0.171. The Kier molecular flexibility index (Phi) is 2.74. The van der Waals surface area contributed by atoms with Crippen LogP contribution in [0.2, 0.25) is 0 Å². The van der Waals surface area contributed by atoms with Gasteiger partial charge in [-0.05, 0) is 62.7 Å². The van der Waals surface area contributed by atoms with Gasteiger partial charge < -0.3 is 15.4 Å². The van der Waals surface area contributed by atoms with Crippen LogP contribution in [0.5, 0.6) is 0 Å². The highest BCUT2D eigenvalue weighted by Gasteiger charge is 2.59. The number of aromatic nitrogens is 2. The highest BCUT2D eigenvalue weighted by molar-refractivity contribution is 5.90. The van der Waals surface area contributed by atoms with Crippen molar-refractivity contribution < 1.29 is 9.90 Å². The van der Waals surface area contributed by atoms with E-state index in [1.54, 1.807) is 12.4 Å². The van der Waals surface area contributed by atoms with Crippen LogP contribution >= 0.6 is 0 Å². The molecule has 0 spiro atoms. The molecule has 5 nitrogen and oxygen atoms in total. The lowest BCUT2D eigenvalue weighted by atomic mass is 9.46. The molecule has 21 heavy (non-hydrogen) atoms. The molecular formula is C16H23N3O2. The summed E-state index contributed by atoms with van der Waals surface area (Å²) in [6.07, 6.45) is 9.57. The topological polar surface area (TPSA) is 78.0 Å². The molecule has 5 atom stereocenters. The van der Waals surface area contributed by atoms with Crippen molar-refractivity contribution in [1.29, 1.82) is 0 Å². The molecule has 0 aromatic carbocycles. The largest absolute Gasteiger partial charge is 0.390 e. The Balaban J connectivity index is 1.54. The van der Waals surface area contributed by atoms with E-state index in [0.29, 0.717) is 17.7 Å². The van der Waals surface area contributed by atoms with Gasteiger partial charge in [-0.15, -0.1) is 0 Å². The molecule has 4 aliphatic carbocycles. The summed E-state index contributed by atoms with van der Waals surface area (Å²) in [6, 6.07) is 0.0764. The summed E-state index contributed by atoms with van der Waals surface area (Å²) in [7, 11) is 0. The average molecular weight is 289 g/mol. The number of imidazole rings is 1. The van der Waals surface area contributed by atoms with Crippen LogP contribution in [0.1, 0.15) is 56.1 Å². The van der Waals surface area contributed by atoms with Crippen molar-refractivity contribution in [2.45, 2.75) is 57.1 Å². The van der Waals surface area contributed by atoms with Crippen LogP contribution in [0.25, 0.3) is 0 Å². The zero-order chi connectivity index (χ0) is 14.7. The van der Waals surface area contributed by atoms with Crippen molar-refractivity contribution in [2.75, 3.05) is 0 Å². The van der Waals surface area contributed by atoms with E-state index in [4.69, 9.17) is 0 Å². The Labute approximate surface area is 124 Å². The van der Waals surface area contributed by atoms with Crippen LogP contribution in [-0.4, -0.2) is 32.6 Å². The summed E-state index contributed by atoms with van der Waals surface area (Å²) in [5.74, 6) is 1.50. The molecule has 5 rings (SSSR count). The SMILES string of the molecule is C[C@H](NC(=O)c1ncc[nH]1)C12C[C@@H]3C[C@@H](CC(O)(C3)C1)C2. The first-order chi connectivity index (χ1) is 9.98. The van der Waals surface area contributed by atoms with Gasteiger partial charge in [-0.3, -0.25) is 4.79 Å². The van der Waals surface area contributed by atoms with E-state index >= 15 is 0 Å². The number of H-pyrrole nitrogens is 1. The van der Waals surface area contributed by atoms with Gasteiger partial charge in [0.1, 0.15) is 0 Å². The van der Waals surface area contributed by atoms with Crippen LogP contribution in [0.4, 0.5) is 0 Å². The van der Waals surface area contributed by atoms with Gasteiger partial charge >= 0.3 is 0 Å². The van der Waals surface area contributed by atoms with E-state index in [1.807, 2.05) is 0 Å². The van der Waals surface area contributed by atoms with Crippen molar-refractivity contribution in [2.24, 2.45) is 17.3 Å². The Morgan fingerprint density at radius 3 is 2.71 bits per heavy atom. The monoisotopic (exact) mass is 289 g/mol. The van der Waals surface area contributed by atoms with Crippen molar-refractivity contribution in [1.82, 2.24) is 15.3 Å². The third-order valence-electron chi connectivity index (χ3n) is 6.05. The third kappa shape index (κ3) is 2.09. The van der Waals surface area contributed by atoms with Crippen LogP contribution in [-0.2, 0) is 0 Å². The maximum atomic E-state index is 12.2. The quantitative estimate of drug-likeness (QED) is 0.794. The molecule has 1 amide bonds. The predicted molar refractivity (Wildman–Crippen MR) is 77.6 cm³/mol. The van der Waals surface area contributed by atoms with Gasteiger partial charge in [0.25, 0.3) is 5.91 Å². The Morgan fingerprint density at radius 2 is 2.14 bits per heavy atom. The van der Waals surface area contributed by atoms with Gasteiger partial charge in [-0.1, -0.05) is 0 Å². The van der Waals surface area contributed by atoms with Crippen molar-refractivity contribution in [3.05, 3.63) is 18.2 Å². The molecule has 1 aromatic rings. The van der Waals surface area contributed by atoms with Crippen LogP contribution in [0.15, 0.2) is 12.4 Å². The summed E-state index contributed by atoms with van der Waals surface area (Å²) in [6.45, 7) is 2.09. The molecule has 4 fully saturated rings. The fraction of sp³-hybridized carbons (Fsp3) is 0.750. The van der Waals surface area contributed by atoms with Gasteiger partial charge in [0.05, 0.1) is 5.60 Å². The smallest absolute Gasteiger partial charge is 0.287 e. The first kappa shape index (κ1) is 13.3. The Morgan fingerprint density at radius 1 is 1.43 bits per heavy atom. The summed E-state index contributed by atoms with van der Waals surface area (Å²) in [5, 5.41) is 13.9. The number of hydrogen-bond donors (Lipinski definition) is 3. The van der Waals surface area contributed by atoms with Crippen molar-refractivity contribution in [3.8, 4) is 0 Å². The fourth-order valence-corrected chi connectivity index (χ4v) is 5.60. The zero-order valence-electron chi connectivity index (χ0n) is 12.4. The molecule has 0 aliphatic heterocycles. The third-order valence-corrected chi connectivity index (χ3v) is 6.05. The molecule has 1 aromatic heterocycles. The lowest BCUT2D eigenvalue weighted by Crippen LogP contribution is -2.61. The number of carbonyl (C=O) groups is 1. The second-order valence-corrected chi connectivity index (χ2v) is 7.68. The van der Waals surface area contributed by atoms with Crippen LogP contribution in [0.3, 0.4) is 0 Å². The molecule has 0 saturated heterocycles. The molecule has 114 valence electrons. The first-order valence-corrected chi connectivity index (χ1v) is 8.01. The van der Waals surface area contributed by atoms with E-state index in [2.05, 4.69) is 22.2 Å². The average Bonchev–Trinajstić information content (AvgIpc) is 2.89. The minimum Gasteiger partial charge on any atom is -0.390 e. The molecule has 4 aliphatic rings. The van der Waals surface area contributed by atoms with Crippen molar-refractivity contribution in [3.63, 3.8) is 0 Å². The highest BCUT2D eigenvalue weighted by atomic mass is 16.3. The lowest BCUT2D eigenvalue weighted by Gasteiger charge is -2.62. The molecular weight excluding hydrogens is 266 g/mol. The minimum atomic E-state index is -0.478. The van der Waals surface area contributed by atoms with Gasteiger partial charge in [0.2, 0.25) is 0 Å². The summed E-state index contributed by atoms with van der Waals surface area (Å²) < 4.78 is 0. The number of rotatable bonds is 3. The number of amides is 1. The number of nitrogens with one attached hydrogen (secondary N) is 2. The Hall–Kier alpha value is -1.36. The molecule has 1 heterocycles. The Bertz CT molecular complexity index is 540. The normalized spacial score (nSPS) is 42.0. The van der Waals surface area contributed by atoms with E-state index in [0.717, 1.165) is 32.1 Å². The van der Waals surface area contributed by atoms with E-state index < -0.39 is 5.60 Å². The number of aromatic amines is 1. The van der Waals surface area contributed by atoms with E-state index in [-0.39, 0.29) is 17.4 Å². The minimum absolute atomic E-state index is 0.0705. The number of nitrogens with zero attached hydrogens (tertiary/aromatic N) is 1. The van der Waals surface area contributed by atoms with Crippen LogP contribution in [0, 0.1) is 17.3 Å². The van der Waals surface area contributed by atoms with Gasteiger partial charge in [0, 0.05) is 18.4 Å². The van der Waals surface area contributed by atoms with Gasteiger partial charge in [-0.2, -0.15) is 0 Å². The molecule has 4 bridgehead atoms. The number of hydrogen-bond acceptors (Lipinski definition) is 3. The number of aliphatic hydroxyl groups is 1. The summed E-state index contributed by atoms with van der Waals surface area (Å²) in [4.78, 5) is 19.1.